The van der Waals surface area contributed by atoms with Gasteiger partial charge in [0.1, 0.15) is 0 Å². The summed E-state index contributed by atoms with van der Waals surface area (Å²) in [5.74, 6) is 0.637. The SMILES string of the molecule is CC(C)Cc1cccc2[nH]c(=N)[nH]c12. The molecule has 0 aliphatic carbocycles. The third-order valence-electron chi connectivity index (χ3n) is 2.29. The van der Waals surface area contributed by atoms with Crippen LogP contribution in [0.5, 0.6) is 0 Å². The number of para-hydroxylation sites is 1. The van der Waals surface area contributed by atoms with E-state index in [1.54, 1.807) is 0 Å². The number of benzene rings is 1. The first-order chi connectivity index (χ1) is 6.66. The molecule has 0 bridgehead atoms. The van der Waals surface area contributed by atoms with Crippen LogP contribution < -0.4 is 5.62 Å². The van der Waals surface area contributed by atoms with Crippen LogP contribution in [-0.4, -0.2) is 9.97 Å². The number of nitrogens with one attached hydrogen (secondary N) is 3. The van der Waals surface area contributed by atoms with Crippen LogP contribution in [0.4, 0.5) is 0 Å². The van der Waals surface area contributed by atoms with E-state index in [1.165, 1.54) is 5.56 Å². The number of hydrogen-bond donors (Lipinski definition) is 3. The second-order valence-corrected chi connectivity index (χ2v) is 4.06. The fourth-order valence-corrected chi connectivity index (χ4v) is 1.75. The number of imidazole rings is 1. The van der Waals surface area contributed by atoms with Gasteiger partial charge in [0.25, 0.3) is 0 Å². The Bertz CT molecular complexity index is 490. The quantitative estimate of drug-likeness (QED) is 0.648. The molecule has 1 aromatic carbocycles. The molecule has 1 heterocycles. The molecule has 0 unspecified atom stereocenters. The summed E-state index contributed by atoms with van der Waals surface area (Å²) in [5.41, 5.74) is 3.75. The number of H-pyrrole nitrogens is 2. The lowest BCUT2D eigenvalue weighted by Gasteiger charge is -2.05. The van der Waals surface area contributed by atoms with Gasteiger partial charge in [-0.2, -0.15) is 0 Å². The molecule has 2 aromatic rings. The van der Waals surface area contributed by atoms with Crippen molar-refractivity contribution in [2.24, 2.45) is 5.92 Å². The van der Waals surface area contributed by atoms with Gasteiger partial charge < -0.3 is 9.97 Å². The minimum atomic E-state index is 0.371. The second-order valence-electron chi connectivity index (χ2n) is 4.06. The molecule has 3 nitrogen and oxygen atoms in total. The molecule has 0 saturated heterocycles. The third-order valence-corrected chi connectivity index (χ3v) is 2.29. The van der Waals surface area contributed by atoms with Crippen molar-refractivity contribution in [2.75, 3.05) is 0 Å². The fourth-order valence-electron chi connectivity index (χ4n) is 1.75. The number of aromatic amines is 2. The molecular weight excluding hydrogens is 174 g/mol. The summed E-state index contributed by atoms with van der Waals surface area (Å²) in [7, 11) is 0. The average Bonchev–Trinajstić information content (AvgIpc) is 2.45. The lowest BCUT2D eigenvalue weighted by molar-refractivity contribution is 0.649. The highest BCUT2D eigenvalue weighted by Gasteiger charge is 2.04. The molecule has 0 radical (unpaired) electrons. The Morgan fingerprint density at radius 1 is 1.29 bits per heavy atom. The molecule has 1 aromatic heterocycles. The Morgan fingerprint density at radius 2 is 2.07 bits per heavy atom. The van der Waals surface area contributed by atoms with Crippen molar-refractivity contribution in [1.29, 1.82) is 5.41 Å². The number of aromatic nitrogens is 2. The maximum Gasteiger partial charge on any atom is 0.197 e. The van der Waals surface area contributed by atoms with E-state index >= 15 is 0 Å². The molecule has 2 rings (SSSR count). The van der Waals surface area contributed by atoms with Gasteiger partial charge in [0.05, 0.1) is 11.0 Å². The van der Waals surface area contributed by atoms with E-state index in [-0.39, 0.29) is 0 Å². The lowest BCUT2D eigenvalue weighted by Crippen LogP contribution is -2.00. The van der Waals surface area contributed by atoms with E-state index in [0.717, 1.165) is 17.5 Å². The first-order valence-corrected chi connectivity index (χ1v) is 4.91. The predicted octanol–water partition coefficient (Wildman–Crippen LogP) is 2.17. The van der Waals surface area contributed by atoms with Crippen molar-refractivity contribution in [3.8, 4) is 0 Å². The molecule has 0 amide bonds. The van der Waals surface area contributed by atoms with Gasteiger partial charge in [0.2, 0.25) is 0 Å². The minimum absolute atomic E-state index is 0.371. The Kier molecular flexibility index (Phi) is 2.15. The molecule has 0 spiro atoms. The van der Waals surface area contributed by atoms with Crippen LogP contribution in [0, 0.1) is 11.3 Å². The van der Waals surface area contributed by atoms with Crippen LogP contribution in [0.25, 0.3) is 11.0 Å². The van der Waals surface area contributed by atoms with Crippen LogP contribution in [0.2, 0.25) is 0 Å². The monoisotopic (exact) mass is 189 g/mol. The number of fused-ring (bicyclic) bond motifs is 1. The number of rotatable bonds is 2. The maximum atomic E-state index is 7.49. The van der Waals surface area contributed by atoms with E-state index < -0.39 is 0 Å². The highest BCUT2D eigenvalue weighted by atomic mass is 14.9. The Balaban J connectivity index is 2.58. The highest BCUT2D eigenvalue weighted by Crippen LogP contribution is 2.16. The zero-order chi connectivity index (χ0) is 10.1. The van der Waals surface area contributed by atoms with E-state index in [4.69, 9.17) is 5.41 Å². The van der Waals surface area contributed by atoms with Gasteiger partial charge in [-0.25, -0.2) is 0 Å². The van der Waals surface area contributed by atoms with Gasteiger partial charge in [-0.05, 0) is 24.0 Å². The zero-order valence-corrected chi connectivity index (χ0v) is 8.52. The van der Waals surface area contributed by atoms with Crippen molar-refractivity contribution in [3.05, 3.63) is 29.4 Å². The first-order valence-electron chi connectivity index (χ1n) is 4.91. The topological polar surface area (TPSA) is 55.4 Å². The summed E-state index contributed by atoms with van der Waals surface area (Å²) in [5, 5.41) is 7.49. The standard InChI is InChI=1S/C11H15N3/c1-7(2)6-8-4-3-5-9-10(8)14-11(12)13-9/h3-5,7H,6H2,1-2H3,(H3,12,13,14). The third kappa shape index (κ3) is 1.58. The second kappa shape index (κ2) is 3.33. The van der Waals surface area contributed by atoms with Crippen LogP contribution in [0.3, 0.4) is 0 Å². The van der Waals surface area contributed by atoms with Gasteiger partial charge >= 0.3 is 0 Å². The van der Waals surface area contributed by atoms with Crippen molar-refractivity contribution in [1.82, 2.24) is 9.97 Å². The van der Waals surface area contributed by atoms with Crippen molar-refractivity contribution < 1.29 is 0 Å². The van der Waals surface area contributed by atoms with Crippen LogP contribution in [0.15, 0.2) is 18.2 Å². The van der Waals surface area contributed by atoms with E-state index in [9.17, 15) is 0 Å². The highest BCUT2D eigenvalue weighted by molar-refractivity contribution is 5.77. The molecule has 0 saturated carbocycles. The van der Waals surface area contributed by atoms with E-state index in [1.807, 2.05) is 12.1 Å². The van der Waals surface area contributed by atoms with Gasteiger partial charge in [0, 0.05) is 0 Å². The normalized spacial score (nSPS) is 11.4. The summed E-state index contributed by atoms with van der Waals surface area (Å²) >= 11 is 0. The molecule has 0 atom stereocenters. The molecular formula is C11H15N3. The molecule has 0 fully saturated rings. The largest absolute Gasteiger partial charge is 0.324 e. The van der Waals surface area contributed by atoms with Crippen molar-refractivity contribution in [3.63, 3.8) is 0 Å². The first kappa shape index (κ1) is 9.06. The molecule has 14 heavy (non-hydrogen) atoms. The van der Waals surface area contributed by atoms with Gasteiger partial charge in [-0.15, -0.1) is 0 Å². The summed E-state index contributed by atoms with van der Waals surface area (Å²) < 4.78 is 0. The fraction of sp³-hybridized carbons (Fsp3) is 0.364. The maximum absolute atomic E-state index is 7.49. The zero-order valence-electron chi connectivity index (χ0n) is 8.52. The van der Waals surface area contributed by atoms with E-state index in [2.05, 4.69) is 29.9 Å². The van der Waals surface area contributed by atoms with Gasteiger partial charge in [0.15, 0.2) is 5.62 Å². The molecule has 3 heteroatoms. The van der Waals surface area contributed by atoms with Crippen molar-refractivity contribution >= 4 is 11.0 Å². The Hall–Kier alpha value is -1.51. The van der Waals surface area contributed by atoms with Crippen LogP contribution in [-0.2, 0) is 6.42 Å². The van der Waals surface area contributed by atoms with Gasteiger partial charge in [-0.3, -0.25) is 5.41 Å². The Morgan fingerprint density at radius 3 is 2.79 bits per heavy atom. The Labute approximate surface area is 82.7 Å². The van der Waals surface area contributed by atoms with Crippen LogP contribution in [0.1, 0.15) is 19.4 Å². The summed E-state index contributed by atoms with van der Waals surface area (Å²) in [6, 6.07) is 6.14. The van der Waals surface area contributed by atoms with Gasteiger partial charge in [-0.1, -0.05) is 26.0 Å². The number of hydrogen-bond acceptors (Lipinski definition) is 1. The van der Waals surface area contributed by atoms with Crippen LogP contribution >= 0.6 is 0 Å². The molecule has 0 aliphatic rings. The predicted molar refractivity (Wildman–Crippen MR) is 57.0 cm³/mol. The molecule has 0 aliphatic heterocycles. The summed E-state index contributed by atoms with van der Waals surface area (Å²) in [4.78, 5) is 6.03. The van der Waals surface area contributed by atoms with E-state index in [0.29, 0.717) is 11.5 Å². The van der Waals surface area contributed by atoms with Crippen molar-refractivity contribution in [2.45, 2.75) is 20.3 Å². The average molecular weight is 189 g/mol. The molecule has 74 valence electrons. The lowest BCUT2D eigenvalue weighted by atomic mass is 10.0. The summed E-state index contributed by atoms with van der Waals surface area (Å²) in [6.07, 6.45) is 1.05. The molecule has 3 N–H and O–H groups in total. The summed E-state index contributed by atoms with van der Waals surface area (Å²) in [6.45, 7) is 4.40. The minimum Gasteiger partial charge on any atom is -0.324 e. The smallest absolute Gasteiger partial charge is 0.197 e.